The highest BCUT2D eigenvalue weighted by atomic mass is 16.6. The molecular weight excluding hydrogens is 526 g/mol. The molecule has 2 fully saturated rings. The van der Waals surface area contributed by atoms with Crippen molar-refractivity contribution in [1.29, 1.82) is 0 Å². The van der Waals surface area contributed by atoms with Crippen molar-refractivity contribution in [2.45, 2.75) is 71.1 Å². The Bertz CT molecular complexity index is 1350. The molecule has 0 aromatic heterocycles. The Kier molecular flexibility index (Phi) is 9.37. The van der Waals surface area contributed by atoms with E-state index in [0.717, 1.165) is 37.9 Å². The fraction of sp³-hybridized carbons (Fsp3) is 0.486. The van der Waals surface area contributed by atoms with Crippen molar-refractivity contribution in [3.05, 3.63) is 77.9 Å². The lowest BCUT2D eigenvalue weighted by Gasteiger charge is -2.33. The van der Waals surface area contributed by atoms with Gasteiger partial charge in [0.15, 0.2) is 0 Å². The average Bonchev–Trinajstić information content (AvgIpc) is 3.44. The number of nitrogens with one attached hydrogen (secondary N) is 1. The summed E-state index contributed by atoms with van der Waals surface area (Å²) >= 11 is 0. The zero-order valence-electron chi connectivity index (χ0n) is 25.5. The number of anilines is 1. The third kappa shape index (κ3) is 7.82. The maximum absolute atomic E-state index is 12.5. The molecule has 2 saturated heterocycles. The second kappa shape index (κ2) is 13.2. The molecule has 0 radical (unpaired) electrons. The zero-order chi connectivity index (χ0) is 29.7. The van der Waals surface area contributed by atoms with Gasteiger partial charge in [-0.3, -0.25) is 4.79 Å². The van der Waals surface area contributed by atoms with Gasteiger partial charge in [-0.15, -0.1) is 0 Å². The first-order chi connectivity index (χ1) is 20.1. The normalized spacial score (nSPS) is 18.7. The summed E-state index contributed by atoms with van der Waals surface area (Å²) in [5.41, 5.74) is 2.99. The molecule has 0 aliphatic carbocycles. The van der Waals surface area contributed by atoms with Crippen LogP contribution >= 0.6 is 0 Å². The number of fused-ring (bicyclic) bond motifs is 1. The van der Waals surface area contributed by atoms with Crippen molar-refractivity contribution < 1.29 is 19.1 Å². The molecule has 2 aliphatic heterocycles. The van der Waals surface area contributed by atoms with E-state index in [1.807, 2.05) is 32.9 Å². The quantitative estimate of drug-likeness (QED) is 0.311. The Labute approximate surface area is 250 Å². The fourth-order valence-electron chi connectivity index (χ4n) is 6.06. The summed E-state index contributed by atoms with van der Waals surface area (Å²) < 4.78 is 11.1. The van der Waals surface area contributed by atoms with Gasteiger partial charge in [0.2, 0.25) is 0 Å². The predicted molar refractivity (Wildman–Crippen MR) is 168 cm³/mol. The van der Waals surface area contributed by atoms with Crippen molar-refractivity contribution in [2.75, 3.05) is 37.7 Å². The zero-order valence-corrected chi connectivity index (χ0v) is 25.5. The van der Waals surface area contributed by atoms with Gasteiger partial charge in [0, 0.05) is 44.0 Å². The van der Waals surface area contributed by atoms with Crippen LogP contribution in [0.15, 0.2) is 66.7 Å². The lowest BCUT2D eigenvalue weighted by molar-refractivity contribution is -0.144. The monoisotopic (exact) mass is 571 g/mol. The summed E-state index contributed by atoms with van der Waals surface area (Å²) in [5, 5.41) is 6.45. The van der Waals surface area contributed by atoms with E-state index in [1.54, 1.807) is 4.90 Å². The molecule has 7 nitrogen and oxygen atoms in total. The van der Waals surface area contributed by atoms with Crippen LogP contribution < -0.4 is 10.2 Å². The molecular formula is C35H45N3O4. The molecule has 2 aliphatic rings. The maximum atomic E-state index is 12.5. The minimum absolute atomic E-state index is 0.204. The van der Waals surface area contributed by atoms with Crippen LogP contribution in [0.3, 0.4) is 0 Å². The van der Waals surface area contributed by atoms with Gasteiger partial charge in [0.1, 0.15) is 5.60 Å². The van der Waals surface area contributed by atoms with Crippen molar-refractivity contribution >= 4 is 28.5 Å². The second-order valence-corrected chi connectivity index (χ2v) is 12.8. The predicted octanol–water partition coefficient (Wildman–Crippen LogP) is 6.50. The highest BCUT2D eigenvalue weighted by Gasteiger charge is 2.28. The SMILES string of the molecule is C[C@@H](N[C@H]1CCN(c2ccc(CC(=O)OCC3CCN(C(=O)OC(C)(C)C)CC3)cc2)C1)c1cccc2ccccc12. The number of carbonyl (C=O) groups is 2. The van der Waals surface area contributed by atoms with Gasteiger partial charge in [-0.2, -0.15) is 0 Å². The molecule has 0 spiro atoms. The Morgan fingerprint density at radius 2 is 1.64 bits per heavy atom. The van der Waals surface area contributed by atoms with E-state index < -0.39 is 5.60 Å². The Hall–Kier alpha value is -3.58. The van der Waals surface area contributed by atoms with Crippen LogP contribution in [-0.4, -0.2) is 61.4 Å². The third-order valence-electron chi connectivity index (χ3n) is 8.36. The summed E-state index contributed by atoms with van der Waals surface area (Å²) in [6.07, 6.45) is 2.72. The Morgan fingerprint density at radius 1 is 0.929 bits per heavy atom. The minimum Gasteiger partial charge on any atom is -0.465 e. The molecule has 0 saturated carbocycles. The van der Waals surface area contributed by atoms with Crippen LogP contribution in [-0.2, 0) is 20.7 Å². The lowest BCUT2D eigenvalue weighted by Crippen LogP contribution is -2.42. The molecule has 7 heteroatoms. The second-order valence-electron chi connectivity index (χ2n) is 12.8. The van der Waals surface area contributed by atoms with Gasteiger partial charge in [-0.25, -0.2) is 4.79 Å². The van der Waals surface area contributed by atoms with Crippen molar-refractivity contribution in [1.82, 2.24) is 10.2 Å². The van der Waals surface area contributed by atoms with Gasteiger partial charge in [0.25, 0.3) is 0 Å². The number of piperidine rings is 1. The van der Waals surface area contributed by atoms with Crippen LogP contribution in [0.1, 0.15) is 64.1 Å². The van der Waals surface area contributed by atoms with Crippen molar-refractivity contribution in [3.63, 3.8) is 0 Å². The smallest absolute Gasteiger partial charge is 0.410 e. The summed E-state index contributed by atoms with van der Waals surface area (Å²) in [6, 6.07) is 24.1. The molecule has 0 bridgehead atoms. The van der Waals surface area contributed by atoms with E-state index in [1.165, 1.54) is 22.0 Å². The average molecular weight is 572 g/mol. The molecule has 1 N–H and O–H groups in total. The number of carbonyl (C=O) groups excluding carboxylic acids is 2. The van der Waals surface area contributed by atoms with Gasteiger partial charge in [0.05, 0.1) is 13.0 Å². The number of hydrogen-bond donors (Lipinski definition) is 1. The van der Waals surface area contributed by atoms with Gasteiger partial charge in [-0.1, -0.05) is 54.6 Å². The number of likely N-dealkylation sites (tertiary alicyclic amines) is 1. The van der Waals surface area contributed by atoms with Crippen LogP contribution in [0, 0.1) is 5.92 Å². The van der Waals surface area contributed by atoms with E-state index in [0.29, 0.717) is 25.7 Å². The van der Waals surface area contributed by atoms with Gasteiger partial charge in [-0.05, 0) is 86.9 Å². The van der Waals surface area contributed by atoms with E-state index in [-0.39, 0.29) is 30.4 Å². The number of amides is 1. The van der Waals surface area contributed by atoms with Crippen LogP contribution in [0.2, 0.25) is 0 Å². The molecule has 2 atom stereocenters. The van der Waals surface area contributed by atoms with E-state index >= 15 is 0 Å². The summed E-state index contributed by atoms with van der Waals surface area (Å²) in [7, 11) is 0. The van der Waals surface area contributed by atoms with Crippen LogP contribution in [0.5, 0.6) is 0 Å². The number of ether oxygens (including phenoxy) is 2. The van der Waals surface area contributed by atoms with E-state index in [2.05, 4.69) is 71.7 Å². The van der Waals surface area contributed by atoms with Gasteiger partial charge < -0.3 is 24.6 Å². The largest absolute Gasteiger partial charge is 0.465 e. The standard InChI is InChI=1S/C35H45N3O4/c1-25(31-11-7-9-28-8-5-6-10-32(28)31)36-29-18-21-38(23-29)30-14-12-26(13-15-30)22-33(39)41-24-27-16-19-37(20-17-27)34(40)42-35(2,3)4/h5-15,25,27,29,36H,16-24H2,1-4H3/t25-,29+/m1/s1. The first-order valence-electron chi connectivity index (χ1n) is 15.4. The summed E-state index contributed by atoms with van der Waals surface area (Å²) in [6.45, 7) is 11.5. The third-order valence-corrected chi connectivity index (χ3v) is 8.36. The molecule has 2 heterocycles. The number of rotatable bonds is 8. The first kappa shape index (κ1) is 29.9. The molecule has 224 valence electrons. The highest BCUT2D eigenvalue weighted by Crippen LogP contribution is 2.27. The highest BCUT2D eigenvalue weighted by molar-refractivity contribution is 5.86. The van der Waals surface area contributed by atoms with Crippen molar-refractivity contribution in [3.8, 4) is 0 Å². The summed E-state index contributed by atoms with van der Waals surface area (Å²) in [4.78, 5) is 29.0. The van der Waals surface area contributed by atoms with Crippen LogP contribution in [0.25, 0.3) is 10.8 Å². The molecule has 3 aromatic rings. The molecule has 3 aromatic carbocycles. The number of nitrogens with zero attached hydrogens (tertiary/aromatic N) is 2. The first-order valence-corrected chi connectivity index (χ1v) is 15.4. The number of esters is 1. The molecule has 0 unspecified atom stereocenters. The summed E-state index contributed by atoms with van der Waals surface area (Å²) in [5.74, 6) is 0.0697. The fourth-order valence-corrected chi connectivity index (χ4v) is 6.06. The van der Waals surface area contributed by atoms with E-state index in [9.17, 15) is 9.59 Å². The Balaban J connectivity index is 1.04. The molecule has 42 heavy (non-hydrogen) atoms. The Morgan fingerprint density at radius 3 is 2.38 bits per heavy atom. The maximum Gasteiger partial charge on any atom is 0.410 e. The van der Waals surface area contributed by atoms with Crippen molar-refractivity contribution in [2.24, 2.45) is 5.92 Å². The number of benzene rings is 3. The molecule has 1 amide bonds. The minimum atomic E-state index is -0.493. The molecule has 5 rings (SSSR count). The topological polar surface area (TPSA) is 71.1 Å². The lowest BCUT2D eigenvalue weighted by atomic mass is 9.98. The number of hydrogen-bond acceptors (Lipinski definition) is 6. The van der Waals surface area contributed by atoms with E-state index in [4.69, 9.17) is 9.47 Å². The van der Waals surface area contributed by atoms with Crippen LogP contribution in [0.4, 0.5) is 10.5 Å². The van der Waals surface area contributed by atoms with Gasteiger partial charge >= 0.3 is 12.1 Å².